The number of fused-ring (bicyclic) bond motifs is 1. The van der Waals surface area contributed by atoms with E-state index in [0.29, 0.717) is 23.1 Å². The van der Waals surface area contributed by atoms with Gasteiger partial charge in [0.2, 0.25) is 0 Å². The van der Waals surface area contributed by atoms with Gasteiger partial charge in [-0.3, -0.25) is 18.9 Å². The standard InChI is InChI=1S/C17H18N4O3/c1-24-8-7-20-16(22)14-9-13(18)4-5-15(14)21(17(20)23)11-12-3-2-6-19-10-12/h2-6,9-10H,7-8,11,18H2,1H3. The van der Waals surface area contributed by atoms with Gasteiger partial charge in [-0.05, 0) is 29.8 Å². The molecule has 7 heteroatoms. The van der Waals surface area contributed by atoms with Crippen molar-refractivity contribution in [3.8, 4) is 0 Å². The second kappa shape index (κ2) is 6.67. The van der Waals surface area contributed by atoms with Gasteiger partial charge >= 0.3 is 5.69 Å². The summed E-state index contributed by atoms with van der Waals surface area (Å²) in [6.45, 7) is 0.780. The predicted molar refractivity (Wildman–Crippen MR) is 92.1 cm³/mol. The summed E-state index contributed by atoms with van der Waals surface area (Å²) in [6.07, 6.45) is 3.37. The third-order valence-electron chi connectivity index (χ3n) is 3.83. The van der Waals surface area contributed by atoms with Crippen molar-refractivity contribution in [3.63, 3.8) is 0 Å². The van der Waals surface area contributed by atoms with Crippen LogP contribution in [0.15, 0.2) is 52.3 Å². The van der Waals surface area contributed by atoms with E-state index in [4.69, 9.17) is 10.5 Å². The number of hydrogen-bond acceptors (Lipinski definition) is 5. The Kier molecular flexibility index (Phi) is 4.43. The average Bonchev–Trinajstić information content (AvgIpc) is 2.60. The number of nitrogen functional groups attached to an aromatic ring is 1. The Morgan fingerprint density at radius 2 is 2.04 bits per heavy atom. The summed E-state index contributed by atoms with van der Waals surface area (Å²) < 4.78 is 7.75. The zero-order valence-electron chi connectivity index (χ0n) is 13.3. The first kappa shape index (κ1) is 15.9. The number of nitrogens with zero attached hydrogens (tertiary/aromatic N) is 3. The fraction of sp³-hybridized carbons (Fsp3) is 0.235. The van der Waals surface area contributed by atoms with Crippen LogP contribution in [-0.4, -0.2) is 27.8 Å². The molecule has 3 rings (SSSR count). The predicted octanol–water partition coefficient (Wildman–Crippen LogP) is 0.835. The normalized spacial score (nSPS) is 11.0. The number of nitrogens with two attached hydrogens (primary N) is 1. The number of aromatic nitrogens is 3. The highest BCUT2D eigenvalue weighted by molar-refractivity contribution is 5.81. The molecule has 0 spiro atoms. The molecule has 3 aromatic rings. The molecule has 0 aliphatic carbocycles. The minimum absolute atomic E-state index is 0.186. The molecule has 0 amide bonds. The van der Waals surface area contributed by atoms with Crippen molar-refractivity contribution in [1.29, 1.82) is 0 Å². The van der Waals surface area contributed by atoms with Crippen LogP contribution in [0.1, 0.15) is 5.56 Å². The highest BCUT2D eigenvalue weighted by Crippen LogP contribution is 2.14. The van der Waals surface area contributed by atoms with Crippen LogP contribution in [0.3, 0.4) is 0 Å². The molecular formula is C17H18N4O3. The molecule has 24 heavy (non-hydrogen) atoms. The molecule has 2 N–H and O–H groups in total. The molecule has 0 aliphatic heterocycles. The van der Waals surface area contributed by atoms with E-state index < -0.39 is 0 Å². The molecule has 0 fully saturated rings. The van der Waals surface area contributed by atoms with Gasteiger partial charge in [-0.25, -0.2) is 4.79 Å². The summed E-state index contributed by atoms with van der Waals surface area (Å²) in [4.78, 5) is 29.5. The summed E-state index contributed by atoms with van der Waals surface area (Å²) in [5.74, 6) is 0. The molecular weight excluding hydrogens is 308 g/mol. The molecule has 0 radical (unpaired) electrons. The maximum atomic E-state index is 12.8. The summed E-state index contributed by atoms with van der Waals surface area (Å²) in [5, 5.41) is 0.412. The Hall–Kier alpha value is -2.93. The number of anilines is 1. The lowest BCUT2D eigenvalue weighted by molar-refractivity contribution is 0.184. The highest BCUT2D eigenvalue weighted by Gasteiger charge is 2.13. The number of ether oxygens (including phenoxy) is 1. The van der Waals surface area contributed by atoms with Crippen molar-refractivity contribution in [2.45, 2.75) is 13.1 Å². The molecule has 0 saturated heterocycles. The number of hydrogen-bond donors (Lipinski definition) is 1. The summed E-state index contributed by atoms with van der Waals surface area (Å²) in [5.41, 5.74) is 6.98. The first-order valence-corrected chi connectivity index (χ1v) is 7.52. The zero-order valence-corrected chi connectivity index (χ0v) is 13.3. The Balaban J connectivity index is 2.26. The maximum absolute atomic E-state index is 12.8. The number of pyridine rings is 1. The lowest BCUT2D eigenvalue weighted by atomic mass is 10.2. The highest BCUT2D eigenvalue weighted by atomic mass is 16.5. The SMILES string of the molecule is COCCn1c(=O)c2cc(N)ccc2n(Cc2cccnc2)c1=O. The summed E-state index contributed by atoms with van der Waals surface area (Å²) in [7, 11) is 1.53. The number of benzene rings is 1. The largest absolute Gasteiger partial charge is 0.399 e. The molecule has 7 nitrogen and oxygen atoms in total. The lowest BCUT2D eigenvalue weighted by Gasteiger charge is -2.14. The summed E-state index contributed by atoms with van der Waals surface area (Å²) in [6, 6.07) is 8.67. The Bertz CT molecular complexity index is 977. The molecule has 0 unspecified atom stereocenters. The lowest BCUT2D eigenvalue weighted by Crippen LogP contribution is -2.41. The molecule has 2 heterocycles. The van der Waals surface area contributed by atoms with Crippen LogP contribution in [0.25, 0.3) is 10.9 Å². The molecule has 0 atom stereocenters. The van der Waals surface area contributed by atoms with Crippen LogP contribution in [-0.2, 0) is 17.8 Å². The fourth-order valence-electron chi connectivity index (χ4n) is 2.65. The second-order valence-electron chi connectivity index (χ2n) is 5.46. The van der Waals surface area contributed by atoms with Crippen molar-refractivity contribution >= 4 is 16.6 Å². The van der Waals surface area contributed by atoms with E-state index in [9.17, 15) is 9.59 Å². The Labute approximate surface area is 137 Å². The van der Waals surface area contributed by atoms with Gasteiger partial charge in [-0.2, -0.15) is 0 Å². The molecule has 1 aromatic carbocycles. The molecule has 124 valence electrons. The fourth-order valence-corrected chi connectivity index (χ4v) is 2.65. The van der Waals surface area contributed by atoms with E-state index in [2.05, 4.69) is 4.98 Å². The monoisotopic (exact) mass is 326 g/mol. The van der Waals surface area contributed by atoms with Crippen LogP contribution in [0.4, 0.5) is 5.69 Å². The molecule has 0 saturated carbocycles. The smallest absolute Gasteiger partial charge is 0.331 e. The van der Waals surface area contributed by atoms with Crippen LogP contribution >= 0.6 is 0 Å². The van der Waals surface area contributed by atoms with Gasteiger partial charge in [0.1, 0.15) is 0 Å². The maximum Gasteiger partial charge on any atom is 0.331 e. The first-order valence-electron chi connectivity index (χ1n) is 7.52. The van der Waals surface area contributed by atoms with E-state index >= 15 is 0 Å². The Morgan fingerprint density at radius 3 is 2.75 bits per heavy atom. The minimum Gasteiger partial charge on any atom is -0.399 e. The summed E-state index contributed by atoms with van der Waals surface area (Å²) >= 11 is 0. The molecule has 0 bridgehead atoms. The zero-order chi connectivity index (χ0) is 17.1. The third kappa shape index (κ3) is 2.93. The quantitative estimate of drug-likeness (QED) is 0.701. The van der Waals surface area contributed by atoms with Crippen LogP contribution < -0.4 is 17.0 Å². The first-order chi connectivity index (χ1) is 11.6. The topological polar surface area (TPSA) is 92.1 Å². The van der Waals surface area contributed by atoms with Gasteiger partial charge in [0.25, 0.3) is 5.56 Å². The van der Waals surface area contributed by atoms with E-state index in [1.165, 1.54) is 11.7 Å². The van der Waals surface area contributed by atoms with Crippen LogP contribution in [0.2, 0.25) is 0 Å². The van der Waals surface area contributed by atoms with E-state index in [1.54, 1.807) is 35.2 Å². The van der Waals surface area contributed by atoms with Gasteiger partial charge in [-0.15, -0.1) is 0 Å². The molecule has 2 aromatic heterocycles. The van der Waals surface area contributed by atoms with E-state index in [1.807, 2.05) is 12.1 Å². The minimum atomic E-state index is -0.377. The Morgan fingerprint density at radius 1 is 1.21 bits per heavy atom. The van der Waals surface area contributed by atoms with Crippen molar-refractivity contribution in [2.75, 3.05) is 19.5 Å². The van der Waals surface area contributed by atoms with E-state index in [0.717, 1.165) is 5.56 Å². The third-order valence-corrected chi connectivity index (χ3v) is 3.83. The second-order valence-corrected chi connectivity index (χ2v) is 5.46. The van der Waals surface area contributed by atoms with Crippen LogP contribution in [0.5, 0.6) is 0 Å². The number of methoxy groups -OCH3 is 1. The van der Waals surface area contributed by atoms with Gasteiger partial charge in [0, 0.05) is 25.2 Å². The van der Waals surface area contributed by atoms with Crippen molar-refractivity contribution < 1.29 is 4.74 Å². The van der Waals surface area contributed by atoms with Crippen molar-refractivity contribution in [1.82, 2.24) is 14.1 Å². The van der Waals surface area contributed by atoms with Crippen LogP contribution in [0, 0.1) is 0 Å². The average molecular weight is 326 g/mol. The van der Waals surface area contributed by atoms with Crippen molar-refractivity contribution in [2.24, 2.45) is 0 Å². The van der Waals surface area contributed by atoms with E-state index in [-0.39, 0.29) is 24.4 Å². The van der Waals surface area contributed by atoms with Gasteiger partial charge in [0.05, 0.1) is 30.6 Å². The van der Waals surface area contributed by atoms with Gasteiger partial charge in [0.15, 0.2) is 0 Å². The van der Waals surface area contributed by atoms with Crippen molar-refractivity contribution in [3.05, 3.63) is 69.1 Å². The van der Waals surface area contributed by atoms with Gasteiger partial charge < -0.3 is 10.5 Å². The molecule has 0 aliphatic rings. The van der Waals surface area contributed by atoms with Gasteiger partial charge in [-0.1, -0.05) is 6.07 Å². The number of rotatable bonds is 5.